The summed E-state index contributed by atoms with van der Waals surface area (Å²) in [6.45, 7) is 0. The van der Waals surface area contributed by atoms with Gasteiger partial charge in [-0.25, -0.2) is 8.78 Å². The molecule has 2 unspecified atom stereocenters. The quantitative estimate of drug-likeness (QED) is 0.879. The Morgan fingerprint density at radius 2 is 1.89 bits per heavy atom. The van der Waals surface area contributed by atoms with Crippen LogP contribution in [0.5, 0.6) is 0 Å². The Bertz CT molecular complexity index is 449. The molecule has 98 valence electrons. The lowest BCUT2D eigenvalue weighted by atomic mass is 9.84. The smallest absolute Gasteiger partial charge is 0.162 e. The van der Waals surface area contributed by atoms with Crippen LogP contribution >= 0.6 is 0 Å². The van der Waals surface area contributed by atoms with Crippen molar-refractivity contribution in [3.63, 3.8) is 0 Å². The molecule has 18 heavy (non-hydrogen) atoms. The summed E-state index contributed by atoms with van der Waals surface area (Å²) in [5, 5.41) is 10.6. The molecule has 2 saturated heterocycles. The molecular formula is C14H16F2O2. The highest BCUT2D eigenvalue weighted by molar-refractivity contribution is 5.21. The second-order valence-electron chi connectivity index (χ2n) is 5.48. The predicted octanol–water partition coefficient (Wildman–Crippen LogP) is 2.58. The summed E-state index contributed by atoms with van der Waals surface area (Å²) in [6, 6.07) is 4.11. The topological polar surface area (TPSA) is 29.5 Å². The van der Waals surface area contributed by atoms with Crippen LogP contribution in [-0.2, 0) is 11.2 Å². The number of hydrogen-bond donors (Lipinski definition) is 1. The van der Waals surface area contributed by atoms with Crippen LogP contribution in [0.3, 0.4) is 0 Å². The minimum atomic E-state index is -0.960. The van der Waals surface area contributed by atoms with E-state index in [4.69, 9.17) is 4.74 Å². The molecule has 1 aromatic carbocycles. The van der Waals surface area contributed by atoms with Crippen molar-refractivity contribution in [2.75, 3.05) is 0 Å². The standard InChI is InChI=1S/C14H16F2O2/c15-12-3-1-2-9(13(12)16)6-14(17)7-10-4-5-11(8-14)18-10/h1-3,10-11,17H,4-8H2. The van der Waals surface area contributed by atoms with Crippen molar-refractivity contribution < 1.29 is 18.6 Å². The Kier molecular flexibility index (Phi) is 2.87. The maximum absolute atomic E-state index is 13.6. The molecule has 2 aliphatic heterocycles. The van der Waals surface area contributed by atoms with Crippen LogP contribution in [0.1, 0.15) is 31.2 Å². The van der Waals surface area contributed by atoms with Crippen LogP contribution in [0.2, 0.25) is 0 Å². The Balaban J connectivity index is 1.81. The molecule has 2 fully saturated rings. The van der Waals surface area contributed by atoms with E-state index in [0.717, 1.165) is 18.9 Å². The lowest BCUT2D eigenvalue weighted by molar-refractivity contribution is -0.110. The van der Waals surface area contributed by atoms with Crippen molar-refractivity contribution in [2.24, 2.45) is 0 Å². The van der Waals surface area contributed by atoms with Gasteiger partial charge in [-0.05, 0) is 24.5 Å². The van der Waals surface area contributed by atoms with Crippen LogP contribution < -0.4 is 0 Å². The summed E-state index contributed by atoms with van der Waals surface area (Å²) in [4.78, 5) is 0. The number of halogens is 2. The molecule has 3 rings (SSSR count). The van der Waals surface area contributed by atoms with Crippen molar-refractivity contribution in [1.29, 1.82) is 0 Å². The van der Waals surface area contributed by atoms with E-state index in [1.165, 1.54) is 12.1 Å². The SMILES string of the molecule is OC1(Cc2cccc(F)c2F)CC2CCC(C1)O2. The fourth-order valence-electron chi connectivity index (χ4n) is 3.20. The van der Waals surface area contributed by atoms with Crippen molar-refractivity contribution in [3.8, 4) is 0 Å². The zero-order valence-corrected chi connectivity index (χ0v) is 10.0. The van der Waals surface area contributed by atoms with Gasteiger partial charge >= 0.3 is 0 Å². The largest absolute Gasteiger partial charge is 0.389 e. The molecule has 0 spiro atoms. The summed E-state index contributed by atoms with van der Waals surface area (Å²) < 4.78 is 32.4. The molecule has 4 heteroatoms. The highest BCUT2D eigenvalue weighted by Crippen LogP contribution is 2.40. The van der Waals surface area contributed by atoms with Crippen LogP contribution in [-0.4, -0.2) is 22.9 Å². The minimum Gasteiger partial charge on any atom is -0.389 e. The number of ether oxygens (including phenoxy) is 1. The Morgan fingerprint density at radius 1 is 1.22 bits per heavy atom. The number of fused-ring (bicyclic) bond motifs is 2. The van der Waals surface area contributed by atoms with E-state index >= 15 is 0 Å². The summed E-state index contributed by atoms with van der Waals surface area (Å²) in [5.74, 6) is -1.70. The molecule has 2 nitrogen and oxygen atoms in total. The monoisotopic (exact) mass is 254 g/mol. The normalized spacial score (nSPS) is 34.8. The van der Waals surface area contributed by atoms with Crippen LogP contribution in [0.25, 0.3) is 0 Å². The second kappa shape index (κ2) is 4.28. The average Bonchev–Trinajstić information content (AvgIpc) is 2.65. The maximum Gasteiger partial charge on any atom is 0.162 e. The van der Waals surface area contributed by atoms with E-state index in [1.807, 2.05) is 0 Å². The van der Waals surface area contributed by atoms with Crippen LogP contribution in [0.4, 0.5) is 8.78 Å². The Hall–Kier alpha value is -1.00. The van der Waals surface area contributed by atoms with E-state index < -0.39 is 17.2 Å². The van der Waals surface area contributed by atoms with Crippen molar-refractivity contribution in [2.45, 2.75) is 49.9 Å². The third kappa shape index (κ3) is 2.15. The Morgan fingerprint density at radius 3 is 2.56 bits per heavy atom. The molecule has 0 saturated carbocycles. The van der Waals surface area contributed by atoms with Crippen molar-refractivity contribution in [3.05, 3.63) is 35.4 Å². The zero-order valence-electron chi connectivity index (χ0n) is 10.0. The Labute approximate surface area is 105 Å². The molecule has 0 aromatic heterocycles. The van der Waals surface area contributed by atoms with Crippen LogP contribution in [0.15, 0.2) is 18.2 Å². The highest BCUT2D eigenvalue weighted by atomic mass is 19.2. The van der Waals surface area contributed by atoms with Gasteiger partial charge in [-0.1, -0.05) is 12.1 Å². The first-order valence-corrected chi connectivity index (χ1v) is 6.36. The molecule has 1 N–H and O–H groups in total. The number of benzene rings is 1. The van der Waals surface area contributed by atoms with Crippen LogP contribution in [0, 0.1) is 11.6 Å². The van der Waals surface area contributed by atoms with E-state index in [1.54, 1.807) is 0 Å². The molecular weight excluding hydrogens is 238 g/mol. The third-order valence-electron chi connectivity index (χ3n) is 3.96. The van der Waals surface area contributed by atoms with Gasteiger partial charge < -0.3 is 9.84 Å². The molecule has 2 heterocycles. The van der Waals surface area contributed by atoms with E-state index in [0.29, 0.717) is 12.8 Å². The summed E-state index contributed by atoms with van der Waals surface area (Å²) in [7, 11) is 0. The van der Waals surface area contributed by atoms with Gasteiger partial charge in [0, 0.05) is 19.3 Å². The molecule has 1 aromatic rings. The van der Waals surface area contributed by atoms with Gasteiger partial charge in [-0.15, -0.1) is 0 Å². The minimum absolute atomic E-state index is 0.0744. The highest BCUT2D eigenvalue weighted by Gasteiger charge is 2.43. The van der Waals surface area contributed by atoms with Gasteiger partial charge in [0.15, 0.2) is 11.6 Å². The molecule has 2 aliphatic rings. The predicted molar refractivity (Wildman–Crippen MR) is 62.1 cm³/mol. The molecule has 0 aliphatic carbocycles. The average molecular weight is 254 g/mol. The van der Waals surface area contributed by atoms with Crippen molar-refractivity contribution in [1.82, 2.24) is 0 Å². The van der Waals surface area contributed by atoms with Gasteiger partial charge in [-0.3, -0.25) is 0 Å². The second-order valence-corrected chi connectivity index (χ2v) is 5.48. The molecule has 2 atom stereocenters. The van der Waals surface area contributed by atoms with E-state index in [9.17, 15) is 13.9 Å². The van der Waals surface area contributed by atoms with Gasteiger partial charge in [0.05, 0.1) is 17.8 Å². The van der Waals surface area contributed by atoms with Gasteiger partial charge in [0.2, 0.25) is 0 Å². The number of aliphatic hydroxyl groups is 1. The lowest BCUT2D eigenvalue weighted by Crippen LogP contribution is -2.42. The van der Waals surface area contributed by atoms with E-state index in [-0.39, 0.29) is 24.2 Å². The van der Waals surface area contributed by atoms with Gasteiger partial charge in [0.25, 0.3) is 0 Å². The first-order valence-electron chi connectivity index (χ1n) is 6.36. The van der Waals surface area contributed by atoms with Crippen molar-refractivity contribution >= 4 is 0 Å². The first-order chi connectivity index (χ1) is 8.56. The molecule has 0 amide bonds. The number of rotatable bonds is 2. The van der Waals surface area contributed by atoms with Gasteiger partial charge in [0.1, 0.15) is 0 Å². The lowest BCUT2D eigenvalue weighted by Gasteiger charge is -2.36. The number of hydrogen-bond acceptors (Lipinski definition) is 2. The zero-order chi connectivity index (χ0) is 12.8. The molecule has 0 radical (unpaired) electrons. The fraction of sp³-hybridized carbons (Fsp3) is 0.571. The summed E-state index contributed by atoms with van der Waals surface area (Å²) in [6.07, 6.45) is 3.25. The molecule has 2 bridgehead atoms. The fourth-order valence-corrected chi connectivity index (χ4v) is 3.20. The van der Waals surface area contributed by atoms with Gasteiger partial charge in [-0.2, -0.15) is 0 Å². The third-order valence-corrected chi connectivity index (χ3v) is 3.96. The summed E-state index contributed by atoms with van der Waals surface area (Å²) >= 11 is 0. The summed E-state index contributed by atoms with van der Waals surface area (Å²) in [5.41, 5.74) is -0.711. The maximum atomic E-state index is 13.6. The first kappa shape index (κ1) is 12.1. The van der Waals surface area contributed by atoms with E-state index in [2.05, 4.69) is 0 Å².